The summed E-state index contributed by atoms with van der Waals surface area (Å²) in [6.45, 7) is 28.1. The predicted molar refractivity (Wildman–Crippen MR) is 445 cm³/mol. The van der Waals surface area contributed by atoms with Crippen molar-refractivity contribution < 1.29 is 166 Å². The van der Waals surface area contributed by atoms with Gasteiger partial charge in [-0.3, -0.25) is 4.79 Å². The van der Waals surface area contributed by atoms with E-state index in [-0.39, 0.29) is 116 Å². The largest absolute Gasteiger partial charge is 1.00 e. The first kappa shape index (κ1) is 103. The van der Waals surface area contributed by atoms with Gasteiger partial charge in [0.1, 0.15) is 53.6 Å². The first-order chi connectivity index (χ1) is 54.3. The molecule has 0 amide bonds. The minimum Gasteiger partial charge on any atom is 1.00 e. The molecule has 0 aliphatic carbocycles. The van der Waals surface area contributed by atoms with E-state index in [0.29, 0.717) is 44.9 Å². The monoisotopic (exact) mass is 1870 g/mol. The van der Waals surface area contributed by atoms with Gasteiger partial charge in [-0.05, 0) is 184 Å². The maximum absolute atomic E-state index is 12.6. The molecule has 0 radical (unpaired) electrons. The molecule has 10 rings (SSSR count). The Balaban J connectivity index is 0.000000288. The Morgan fingerprint density at radius 2 is 0.825 bits per heavy atom. The van der Waals surface area contributed by atoms with Crippen LogP contribution in [0.25, 0.3) is 0 Å². The van der Waals surface area contributed by atoms with Crippen molar-refractivity contribution >= 4 is 147 Å². The van der Waals surface area contributed by atoms with Gasteiger partial charge in [-0.25, -0.2) is 43.1 Å². The second-order valence-corrected chi connectivity index (χ2v) is 40.2. The van der Waals surface area contributed by atoms with Gasteiger partial charge in [0.2, 0.25) is 11.4 Å². The topological polar surface area (TPSA) is 323 Å². The molecule has 39 heteroatoms. The number of aliphatic carboxylic acids is 1. The summed E-state index contributed by atoms with van der Waals surface area (Å²) in [7, 11) is -22.2. The van der Waals surface area contributed by atoms with Crippen molar-refractivity contribution in [3.05, 3.63) is 198 Å². The third-order valence-corrected chi connectivity index (χ3v) is 24.7. The number of carbonyl (C=O) groups is 2. The molecule has 0 saturated carbocycles. The molecule has 6 aromatic carbocycles. The van der Waals surface area contributed by atoms with Crippen LogP contribution in [0.5, 0.6) is 11.5 Å². The number of hydrogen-bond donors (Lipinski definition) is 0. The van der Waals surface area contributed by atoms with Gasteiger partial charge in [0, 0.05) is 107 Å². The van der Waals surface area contributed by atoms with E-state index in [9.17, 15) is 91.8 Å². The molecule has 0 bridgehead atoms. The number of carboxylic acids is 1. The van der Waals surface area contributed by atoms with Gasteiger partial charge in [-0.15, -0.1) is 0 Å². The van der Waals surface area contributed by atoms with Crippen LogP contribution in [0.1, 0.15) is 154 Å². The summed E-state index contributed by atoms with van der Waals surface area (Å²) in [5, 5.41) is 10.2. The summed E-state index contributed by atoms with van der Waals surface area (Å²) in [5.41, 5.74) is 13.2. The number of carbonyl (C=O) groups excluding carboxylic acids is 2. The molecular weight excluding hydrogens is 1780 g/mol. The fourth-order valence-corrected chi connectivity index (χ4v) is 18.1. The molecule has 6 aromatic rings. The molecular formula is C81H94Cl4F6KN6O17PS4-2. The SMILES string of the molecule is CCN1C(=CC=CC2=[N+](CCCCCC(=O)Oc3c(Cl)cc(S(=O)(=O)[O-])cc3Cl)c3ccc(C)cc3C2(C)C)C(C)(C)c2cc(S(=O)(=O)[O-])ccc21.CCN1C(=CC=CC2=[N+](CCCCCC(=O)[O-])c3ccc(C)cc3C2(C)C)C(C)(C)c2cc(S(=O)(=O)[O-])ccc21.CN(C)C(Oc1c(Cl)cc(S(=O)(=O)[O-])cc1Cl)=[N+](C)C.F[P-](F)(F)(F)(F)F.[K+]. The minimum atomic E-state index is -10.7. The molecule has 0 aromatic heterocycles. The van der Waals surface area contributed by atoms with E-state index in [0.717, 1.165) is 101 Å². The Kier molecular flexibility index (Phi) is 32.8. The maximum Gasteiger partial charge on any atom is 1.00 e. The van der Waals surface area contributed by atoms with Gasteiger partial charge in [0.25, 0.3) is 0 Å². The smallest absolute Gasteiger partial charge is 1.00 e. The number of esters is 1. The van der Waals surface area contributed by atoms with Crippen LogP contribution in [0.2, 0.25) is 20.1 Å². The Morgan fingerprint density at radius 3 is 1.13 bits per heavy atom. The number of amidine groups is 1. The van der Waals surface area contributed by atoms with Crippen molar-refractivity contribution in [1.82, 2.24) is 4.90 Å². The summed E-state index contributed by atoms with van der Waals surface area (Å²) in [6, 6.07) is 26.4. The van der Waals surface area contributed by atoms with Crippen LogP contribution in [-0.4, -0.2) is 154 Å². The number of carboxylic acid groups (broad SMARTS) is 1. The number of unbranched alkanes of at least 4 members (excludes halogenated alkanes) is 4. The van der Waals surface area contributed by atoms with Gasteiger partial charge in [0.15, 0.2) is 22.9 Å². The fraction of sp³-hybridized carbons (Fsp3) is 0.395. The molecule has 4 aliphatic rings. The number of nitrogens with zero attached hydrogens (tertiary/aromatic N) is 6. The minimum absolute atomic E-state index is 0. The van der Waals surface area contributed by atoms with Gasteiger partial charge in [0.05, 0.1) is 78.7 Å². The van der Waals surface area contributed by atoms with Crippen LogP contribution >= 0.6 is 54.2 Å². The predicted octanol–water partition coefficient (Wildman–Crippen LogP) is 14.6. The quantitative estimate of drug-likeness (QED) is 0.00519. The third kappa shape index (κ3) is 26.0. The van der Waals surface area contributed by atoms with E-state index in [4.69, 9.17) is 55.9 Å². The first-order valence-corrected chi connectivity index (χ1v) is 46.3. The molecule has 652 valence electrons. The van der Waals surface area contributed by atoms with E-state index in [2.05, 4.69) is 134 Å². The van der Waals surface area contributed by atoms with Crippen molar-refractivity contribution in [3.63, 3.8) is 0 Å². The number of hydrogen-bond acceptors (Lipinski definition) is 19. The maximum atomic E-state index is 12.6. The second kappa shape index (κ2) is 38.4. The van der Waals surface area contributed by atoms with E-state index in [1.807, 2.05) is 40.7 Å². The van der Waals surface area contributed by atoms with Crippen LogP contribution < -0.4 is 75.8 Å². The molecule has 0 unspecified atom stereocenters. The Bertz CT molecular complexity index is 5670. The number of ether oxygens (including phenoxy) is 2. The number of allylic oxidation sites excluding steroid dienone is 8. The molecule has 4 aliphatic heterocycles. The molecule has 0 N–H and O–H groups in total. The number of fused-ring (bicyclic) bond motifs is 4. The molecule has 120 heavy (non-hydrogen) atoms. The second-order valence-electron chi connectivity index (χ2n) is 31.1. The zero-order chi connectivity index (χ0) is 89.9. The van der Waals surface area contributed by atoms with Crippen molar-refractivity contribution in [2.24, 2.45) is 0 Å². The van der Waals surface area contributed by atoms with Gasteiger partial charge in [-0.1, -0.05) is 110 Å². The molecule has 0 atom stereocenters. The van der Waals surface area contributed by atoms with Crippen molar-refractivity contribution in [1.29, 1.82) is 0 Å². The molecule has 0 saturated heterocycles. The van der Waals surface area contributed by atoms with Crippen LogP contribution in [0.3, 0.4) is 0 Å². The van der Waals surface area contributed by atoms with E-state index < -0.39 is 80.8 Å². The van der Waals surface area contributed by atoms with Crippen molar-refractivity contribution in [2.75, 3.05) is 64.2 Å². The number of likely N-dealkylation sites (N-methyl/N-ethyl adjacent to an activating group) is 2. The fourth-order valence-electron chi connectivity index (χ4n) is 14.7. The van der Waals surface area contributed by atoms with Gasteiger partial charge >= 0.3 is 96.4 Å². The Labute approximate surface area is 760 Å². The van der Waals surface area contributed by atoms with Crippen molar-refractivity contribution in [3.8, 4) is 11.5 Å². The number of anilines is 2. The van der Waals surface area contributed by atoms with E-state index >= 15 is 0 Å². The summed E-state index contributed by atoms with van der Waals surface area (Å²) >= 11 is 24.0. The number of benzene rings is 6. The van der Waals surface area contributed by atoms with Gasteiger partial charge in [-0.2, -0.15) is 9.15 Å². The van der Waals surface area contributed by atoms with Crippen LogP contribution in [-0.2, 0) is 71.7 Å². The standard InChI is InChI=1S/C38H42Cl2N2O8S2.C32H40N2O5S.C11H14Cl2N2O4S.F6P.K/c1-7-41-31-18-16-25(51(44,45)46)21-28(31)38(5,6)33(41)12-11-13-34-37(3,4)27-20-24(2)15-17-32(27)42(34)19-10-8-9-14-35(43)50-36-29(39)22-26(23-30(36)40)52(47,48)49;1-7-33-26-18-16-23(40(37,38)39)21-25(26)32(5,6)28(33)12-11-13-29-31(3,4)24-20-22(2)15-17-27(24)34(29)19-10-8-9-14-30(35)36;1-14(2)11(15(3)4)19-10-8(12)5-7(6-9(10)13)20(16,17)18;1-7(2,3,4,5)6;/h11-13,15-18,20-23H,7-10,14,19H2,1-6H3,(H-,44,45,46,47,48,49);11-13,15-18,20-21H,7-10,14,19H2,1-6H3,(H-,35,36,37,38,39);5-6H,1-4H3;;/q;;;-1;+1/p-2. The van der Waals surface area contributed by atoms with Gasteiger partial charge < -0.3 is 47.4 Å². The van der Waals surface area contributed by atoms with E-state index in [1.165, 1.54) is 52.4 Å². The van der Waals surface area contributed by atoms with Crippen molar-refractivity contribution in [2.45, 2.75) is 176 Å². The Hall–Kier alpha value is -6.12. The van der Waals surface area contributed by atoms with E-state index in [1.54, 1.807) is 49.8 Å². The molecule has 23 nitrogen and oxygen atoms in total. The summed E-state index contributed by atoms with van der Waals surface area (Å²) in [6.07, 6.45) is 17.0. The summed E-state index contributed by atoms with van der Waals surface area (Å²) < 4.78 is 214. The van der Waals surface area contributed by atoms with Crippen LogP contribution in [0.4, 0.5) is 47.9 Å². The number of rotatable bonds is 24. The zero-order valence-electron chi connectivity index (χ0n) is 69.2. The molecule has 0 spiro atoms. The molecule has 4 heterocycles. The number of halogens is 10. The zero-order valence-corrected chi connectivity index (χ0v) is 79.5. The number of aryl methyl sites for hydroxylation is 2. The van der Waals surface area contributed by atoms with Crippen LogP contribution in [0.15, 0.2) is 164 Å². The molecule has 0 fully saturated rings. The normalized spacial score (nSPS) is 16.9. The Morgan fingerprint density at radius 1 is 0.492 bits per heavy atom. The summed E-state index contributed by atoms with van der Waals surface area (Å²) in [4.78, 5) is 27.8. The summed E-state index contributed by atoms with van der Waals surface area (Å²) in [5.74, 6) is -1.70. The third-order valence-electron chi connectivity index (χ3n) is 20.3. The average Bonchev–Trinajstić information content (AvgIpc) is 1.61. The first-order valence-electron chi connectivity index (χ1n) is 37.2. The van der Waals surface area contributed by atoms with Crippen LogP contribution in [0, 0.1) is 13.8 Å². The average molecular weight is 1880 g/mol.